The molecule has 3 fully saturated rings. The maximum Gasteiger partial charge on any atom is 0.476 e. The van der Waals surface area contributed by atoms with Crippen LogP contribution < -0.4 is 0 Å². The number of likely N-dealkylation sites (tertiary alicyclic amines) is 1. The largest absolute Gasteiger partial charge is 0.476 e. The van der Waals surface area contributed by atoms with Gasteiger partial charge in [0.05, 0.1) is 22.4 Å². The lowest BCUT2D eigenvalue weighted by Gasteiger charge is -2.42. The molecule has 3 saturated heterocycles. The molecule has 3 heterocycles. The molecule has 13 heteroatoms. The number of amides is 1. The van der Waals surface area contributed by atoms with Crippen LogP contribution in [0.15, 0.2) is 0 Å². The van der Waals surface area contributed by atoms with E-state index in [1.54, 1.807) is 4.90 Å². The molecule has 3 aliphatic rings. The van der Waals surface area contributed by atoms with Gasteiger partial charge in [-0.15, -0.1) is 0 Å². The normalized spacial score (nSPS) is 26.1. The van der Waals surface area contributed by atoms with Crippen LogP contribution in [0.1, 0.15) is 149 Å². The van der Waals surface area contributed by atoms with Gasteiger partial charge in [0.2, 0.25) is 0 Å². The molecule has 11 nitrogen and oxygen atoms in total. The fraction of sp³-hybridized carbons (Fsp3) is 0.950. The summed E-state index contributed by atoms with van der Waals surface area (Å²) in [5, 5.41) is 0. The summed E-state index contributed by atoms with van der Waals surface area (Å²) in [4.78, 5) is 34.4. The molecule has 5 atom stereocenters. The zero-order valence-electron chi connectivity index (χ0n) is 37.4. The van der Waals surface area contributed by atoms with E-state index in [9.17, 15) is 9.59 Å². The van der Waals surface area contributed by atoms with Crippen LogP contribution in [0.25, 0.3) is 0 Å². The minimum absolute atomic E-state index is 0.148. The second-order valence-electron chi connectivity index (χ2n) is 21.7. The van der Waals surface area contributed by atoms with Crippen molar-refractivity contribution in [3.05, 3.63) is 0 Å². The lowest BCUT2D eigenvalue weighted by atomic mass is 9.69. The number of carbonyl (C=O) groups is 2. The predicted molar refractivity (Wildman–Crippen MR) is 214 cm³/mol. The van der Waals surface area contributed by atoms with E-state index in [0.29, 0.717) is 45.1 Å². The van der Waals surface area contributed by atoms with Crippen molar-refractivity contribution in [2.45, 2.75) is 201 Å². The van der Waals surface area contributed by atoms with Crippen LogP contribution in [0.5, 0.6) is 0 Å². The van der Waals surface area contributed by atoms with Gasteiger partial charge in [-0.2, -0.15) is 0 Å². The summed E-state index contributed by atoms with van der Waals surface area (Å²) >= 11 is 0. The second kappa shape index (κ2) is 15.5. The SMILES string of the molecule is CN(C)C(CC(C)(CC(C)(C)C)OC(=O)C1CCCN1C(=O)OC(C)(CC(B1OC(C)(C)C(C)(C)O1)N(C)C)CC(C)(C)C)B1OC(C)(C)C(C)(C)O1. The number of hydrogen-bond donors (Lipinski definition) is 0. The summed E-state index contributed by atoms with van der Waals surface area (Å²) in [5.74, 6) is -0.784. The van der Waals surface area contributed by atoms with Gasteiger partial charge < -0.3 is 37.9 Å². The fourth-order valence-corrected chi connectivity index (χ4v) is 8.37. The first-order valence-corrected chi connectivity index (χ1v) is 19.9. The van der Waals surface area contributed by atoms with E-state index in [4.69, 9.17) is 28.1 Å². The van der Waals surface area contributed by atoms with E-state index in [-0.39, 0.29) is 22.7 Å². The molecule has 0 aliphatic carbocycles. The van der Waals surface area contributed by atoms with Crippen molar-refractivity contribution < 1.29 is 37.7 Å². The lowest BCUT2D eigenvalue weighted by Crippen LogP contribution is -2.54. The Labute approximate surface area is 324 Å². The molecule has 0 N–H and O–H groups in total. The first-order valence-electron chi connectivity index (χ1n) is 19.9. The molecule has 0 radical (unpaired) electrons. The van der Waals surface area contributed by atoms with Gasteiger partial charge >= 0.3 is 26.3 Å². The number of nitrogens with zero attached hydrogens (tertiary/aromatic N) is 3. The summed E-state index contributed by atoms with van der Waals surface area (Å²) < 4.78 is 39.1. The Morgan fingerprint density at radius 3 is 1.32 bits per heavy atom. The quantitative estimate of drug-likeness (QED) is 0.140. The highest BCUT2D eigenvalue weighted by Gasteiger charge is 2.57. The Bertz CT molecular complexity index is 1170. The molecule has 0 saturated carbocycles. The van der Waals surface area contributed by atoms with Gasteiger partial charge in [0, 0.05) is 31.3 Å². The third-order valence-corrected chi connectivity index (χ3v) is 12.0. The molecular weight excluding hydrogens is 672 g/mol. The monoisotopic (exact) mass is 750 g/mol. The van der Waals surface area contributed by atoms with Crippen molar-refractivity contribution in [2.75, 3.05) is 34.7 Å². The lowest BCUT2D eigenvalue weighted by molar-refractivity contribution is -0.168. The first kappa shape index (κ1) is 46.0. The number of hydrogen-bond acceptors (Lipinski definition) is 10. The van der Waals surface area contributed by atoms with Crippen molar-refractivity contribution >= 4 is 26.3 Å². The number of esters is 1. The average molecular weight is 750 g/mol. The molecule has 3 aliphatic heterocycles. The van der Waals surface area contributed by atoms with E-state index in [1.807, 2.05) is 97.4 Å². The van der Waals surface area contributed by atoms with Crippen molar-refractivity contribution in [2.24, 2.45) is 10.8 Å². The van der Waals surface area contributed by atoms with Crippen LogP contribution in [-0.2, 0) is 32.9 Å². The summed E-state index contributed by atoms with van der Waals surface area (Å²) in [6, 6.07) is -0.747. The molecule has 0 aromatic rings. The summed E-state index contributed by atoms with van der Waals surface area (Å²) in [6.07, 6.45) is 2.89. The van der Waals surface area contributed by atoms with E-state index < -0.39 is 65.9 Å². The molecule has 0 aromatic carbocycles. The molecule has 0 bridgehead atoms. The molecule has 0 spiro atoms. The third-order valence-electron chi connectivity index (χ3n) is 12.0. The average Bonchev–Trinajstić information content (AvgIpc) is 3.55. The van der Waals surface area contributed by atoms with Crippen molar-refractivity contribution in [1.29, 1.82) is 0 Å². The topological polar surface area (TPSA) is 99.2 Å². The van der Waals surface area contributed by atoms with Crippen molar-refractivity contribution in [3.63, 3.8) is 0 Å². The molecule has 3 rings (SSSR count). The zero-order chi connectivity index (χ0) is 41.0. The van der Waals surface area contributed by atoms with Gasteiger partial charge in [0.15, 0.2) is 0 Å². The molecule has 5 unspecified atom stereocenters. The second-order valence-corrected chi connectivity index (χ2v) is 21.7. The van der Waals surface area contributed by atoms with E-state index >= 15 is 0 Å². The smallest absolute Gasteiger partial charge is 0.458 e. The highest BCUT2D eigenvalue weighted by molar-refractivity contribution is 6.48. The van der Waals surface area contributed by atoms with Gasteiger partial charge in [0.1, 0.15) is 17.2 Å². The fourth-order valence-electron chi connectivity index (χ4n) is 8.37. The highest BCUT2D eigenvalue weighted by atomic mass is 16.7. The van der Waals surface area contributed by atoms with E-state index in [1.165, 1.54) is 0 Å². The van der Waals surface area contributed by atoms with Crippen LogP contribution in [0.3, 0.4) is 0 Å². The predicted octanol–water partition coefficient (Wildman–Crippen LogP) is 7.42. The van der Waals surface area contributed by atoms with Crippen molar-refractivity contribution in [3.8, 4) is 0 Å². The molecule has 53 heavy (non-hydrogen) atoms. The molecule has 1 amide bonds. The highest BCUT2D eigenvalue weighted by Crippen LogP contribution is 2.43. The number of rotatable bonds is 13. The van der Waals surface area contributed by atoms with Crippen LogP contribution in [0.2, 0.25) is 0 Å². The molecule has 306 valence electrons. The van der Waals surface area contributed by atoms with Gasteiger partial charge in [-0.05, 0) is 134 Å². The summed E-state index contributed by atoms with van der Waals surface area (Å²) in [7, 11) is 7.01. The third kappa shape index (κ3) is 11.4. The van der Waals surface area contributed by atoms with Crippen molar-refractivity contribution in [1.82, 2.24) is 14.7 Å². The minimum atomic E-state index is -0.882. The Morgan fingerprint density at radius 1 is 0.660 bits per heavy atom. The van der Waals surface area contributed by atoms with Crippen LogP contribution in [0, 0.1) is 10.8 Å². The maximum atomic E-state index is 14.3. The molecular formula is C40H77B2N3O8. The Kier molecular flexibility index (Phi) is 13.5. The maximum absolute atomic E-state index is 14.3. The van der Waals surface area contributed by atoms with Crippen LogP contribution in [0.4, 0.5) is 4.79 Å². The molecule has 0 aromatic heterocycles. The number of ether oxygens (including phenoxy) is 2. The van der Waals surface area contributed by atoms with Crippen LogP contribution >= 0.6 is 0 Å². The van der Waals surface area contributed by atoms with E-state index in [2.05, 4.69) is 51.3 Å². The van der Waals surface area contributed by atoms with Crippen LogP contribution in [-0.4, -0.2) is 127 Å². The first-order chi connectivity index (χ1) is 23.6. The number of carbonyl (C=O) groups excluding carboxylic acids is 2. The Balaban J connectivity index is 1.86. The van der Waals surface area contributed by atoms with Gasteiger partial charge in [0.25, 0.3) is 0 Å². The minimum Gasteiger partial charge on any atom is -0.458 e. The summed E-state index contributed by atoms with van der Waals surface area (Å²) in [6.45, 7) is 33.7. The van der Waals surface area contributed by atoms with Gasteiger partial charge in [-0.25, -0.2) is 9.59 Å². The summed E-state index contributed by atoms with van der Waals surface area (Å²) in [5.41, 5.74) is -4.03. The van der Waals surface area contributed by atoms with Gasteiger partial charge in [-0.1, -0.05) is 41.5 Å². The van der Waals surface area contributed by atoms with Gasteiger partial charge in [-0.3, -0.25) is 4.90 Å². The Morgan fingerprint density at radius 2 is 1.00 bits per heavy atom. The standard InChI is InChI=1S/C40H77B2N3O8/c1-33(2,3)26-39(15,24-29(43(17)18)41-50-35(7,8)36(9,10)51-41)48-31(46)28-22-21-23-45(28)32(47)49-40(16,27-34(4,5)6)25-30(44(19)20)42-52-37(11,12)38(13,14)53-42/h28-30H,21-27H2,1-20H3. The zero-order valence-corrected chi connectivity index (χ0v) is 37.4. The Hall–Kier alpha value is -1.37. The van der Waals surface area contributed by atoms with E-state index in [0.717, 1.165) is 0 Å².